The predicted octanol–water partition coefficient (Wildman–Crippen LogP) is 1.68. The van der Waals surface area contributed by atoms with Crippen molar-refractivity contribution in [1.29, 1.82) is 0 Å². The van der Waals surface area contributed by atoms with E-state index in [0.717, 1.165) is 12.3 Å². The van der Waals surface area contributed by atoms with Gasteiger partial charge in [0.15, 0.2) is 5.03 Å². The van der Waals surface area contributed by atoms with Gasteiger partial charge in [0.05, 0.1) is 11.9 Å². The first kappa shape index (κ1) is 14.4. The van der Waals surface area contributed by atoms with Crippen LogP contribution in [0.2, 0.25) is 0 Å². The van der Waals surface area contributed by atoms with Crippen molar-refractivity contribution in [3.05, 3.63) is 18.3 Å². The summed E-state index contributed by atoms with van der Waals surface area (Å²) in [5.41, 5.74) is -0.372. The minimum absolute atomic E-state index is 0.261. The Morgan fingerprint density at radius 1 is 1.39 bits per heavy atom. The Kier molecular flexibility index (Phi) is 3.92. The van der Waals surface area contributed by atoms with Gasteiger partial charge >= 0.3 is 16.2 Å². The zero-order chi connectivity index (χ0) is 14.0. The van der Waals surface area contributed by atoms with Gasteiger partial charge in [0.2, 0.25) is 0 Å². The van der Waals surface area contributed by atoms with Gasteiger partial charge in [-0.05, 0) is 32.9 Å². The number of pyridine rings is 1. The van der Waals surface area contributed by atoms with Gasteiger partial charge in [-0.2, -0.15) is 8.42 Å². The van der Waals surface area contributed by atoms with Crippen molar-refractivity contribution >= 4 is 21.9 Å². The van der Waals surface area contributed by atoms with E-state index in [1.165, 1.54) is 6.07 Å². The molecule has 0 aliphatic carbocycles. The number of rotatable bonds is 2. The molecule has 0 fully saturated rings. The SMILES string of the molecule is CC(C)(C)OC(=O)Nc1ccc(S(=O)(=O)O)nc1. The van der Waals surface area contributed by atoms with E-state index in [4.69, 9.17) is 9.29 Å². The third-order valence-corrected chi connectivity index (χ3v) is 2.42. The average molecular weight is 274 g/mol. The molecule has 1 heterocycles. The molecule has 0 saturated heterocycles. The smallest absolute Gasteiger partial charge is 0.412 e. The van der Waals surface area contributed by atoms with E-state index in [1.807, 2.05) is 0 Å². The van der Waals surface area contributed by atoms with Gasteiger partial charge in [-0.1, -0.05) is 0 Å². The summed E-state index contributed by atoms with van der Waals surface area (Å²) in [6, 6.07) is 2.36. The van der Waals surface area contributed by atoms with E-state index in [2.05, 4.69) is 10.3 Å². The van der Waals surface area contributed by atoms with Crippen molar-refractivity contribution in [2.45, 2.75) is 31.4 Å². The fraction of sp³-hybridized carbons (Fsp3) is 0.400. The summed E-state index contributed by atoms with van der Waals surface area (Å²) in [6.45, 7) is 5.14. The summed E-state index contributed by atoms with van der Waals surface area (Å²) < 4.78 is 35.2. The minimum atomic E-state index is -4.33. The second kappa shape index (κ2) is 4.91. The molecule has 1 aromatic heterocycles. The van der Waals surface area contributed by atoms with Crippen LogP contribution in [0.1, 0.15) is 20.8 Å². The lowest BCUT2D eigenvalue weighted by atomic mass is 10.2. The van der Waals surface area contributed by atoms with Crippen molar-refractivity contribution < 1.29 is 22.5 Å². The summed E-state index contributed by atoms with van der Waals surface area (Å²) >= 11 is 0. The maximum absolute atomic E-state index is 11.4. The van der Waals surface area contributed by atoms with Crippen LogP contribution in [-0.2, 0) is 14.9 Å². The van der Waals surface area contributed by atoms with Gasteiger partial charge in [-0.3, -0.25) is 9.87 Å². The van der Waals surface area contributed by atoms with Crippen LogP contribution in [0.5, 0.6) is 0 Å². The first-order valence-corrected chi connectivity index (χ1v) is 6.45. The van der Waals surface area contributed by atoms with Gasteiger partial charge < -0.3 is 4.74 Å². The highest BCUT2D eigenvalue weighted by atomic mass is 32.2. The summed E-state index contributed by atoms with van der Waals surface area (Å²) in [7, 11) is -4.33. The zero-order valence-corrected chi connectivity index (χ0v) is 11.0. The number of nitrogens with zero attached hydrogens (tertiary/aromatic N) is 1. The van der Waals surface area contributed by atoms with Gasteiger partial charge in [0.1, 0.15) is 5.60 Å². The Bertz CT molecular complexity index is 530. The van der Waals surface area contributed by atoms with Crippen molar-refractivity contribution in [2.24, 2.45) is 0 Å². The Hall–Kier alpha value is -1.67. The lowest BCUT2D eigenvalue weighted by Gasteiger charge is -2.19. The largest absolute Gasteiger partial charge is 0.444 e. The fourth-order valence-electron chi connectivity index (χ4n) is 1.03. The van der Waals surface area contributed by atoms with E-state index in [0.29, 0.717) is 0 Å². The average Bonchev–Trinajstić information content (AvgIpc) is 2.13. The summed E-state index contributed by atoms with van der Waals surface area (Å²) in [5, 5.41) is 1.89. The molecule has 0 aromatic carbocycles. The number of hydrogen-bond donors (Lipinski definition) is 2. The van der Waals surface area contributed by atoms with E-state index in [1.54, 1.807) is 20.8 Å². The molecule has 0 bridgehead atoms. The Balaban J connectivity index is 2.73. The molecule has 18 heavy (non-hydrogen) atoms. The number of carbonyl (C=O) groups excluding carboxylic acids is 1. The molecule has 0 saturated carbocycles. The Morgan fingerprint density at radius 2 is 2.00 bits per heavy atom. The van der Waals surface area contributed by atoms with Crippen molar-refractivity contribution in [1.82, 2.24) is 4.98 Å². The first-order chi connectivity index (χ1) is 8.08. The van der Waals surface area contributed by atoms with Crippen LogP contribution in [0.25, 0.3) is 0 Å². The summed E-state index contributed by atoms with van der Waals surface area (Å²) in [4.78, 5) is 14.9. The Morgan fingerprint density at radius 3 is 2.39 bits per heavy atom. The van der Waals surface area contributed by atoms with E-state index in [-0.39, 0.29) is 5.69 Å². The zero-order valence-electron chi connectivity index (χ0n) is 10.2. The number of aromatic nitrogens is 1. The fourth-order valence-corrected chi connectivity index (χ4v) is 1.45. The van der Waals surface area contributed by atoms with Crippen LogP contribution in [0, 0.1) is 0 Å². The Labute approximate surface area is 105 Å². The minimum Gasteiger partial charge on any atom is -0.444 e. The molecule has 1 aromatic rings. The number of ether oxygens (including phenoxy) is 1. The number of nitrogens with one attached hydrogen (secondary N) is 1. The van der Waals surface area contributed by atoms with Gasteiger partial charge in [-0.25, -0.2) is 9.78 Å². The molecule has 8 heteroatoms. The van der Waals surface area contributed by atoms with Crippen molar-refractivity contribution in [2.75, 3.05) is 5.32 Å². The second-order valence-corrected chi connectivity index (χ2v) is 5.86. The van der Waals surface area contributed by atoms with Crippen LogP contribution < -0.4 is 5.32 Å². The van der Waals surface area contributed by atoms with Crippen molar-refractivity contribution in [3.63, 3.8) is 0 Å². The maximum atomic E-state index is 11.4. The number of amides is 1. The molecule has 1 amide bonds. The molecule has 0 aliphatic rings. The summed E-state index contributed by atoms with van der Waals surface area (Å²) in [5.74, 6) is 0. The number of carbonyl (C=O) groups is 1. The molecule has 0 spiro atoms. The topological polar surface area (TPSA) is 106 Å². The predicted molar refractivity (Wildman–Crippen MR) is 63.9 cm³/mol. The highest BCUT2D eigenvalue weighted by Crippen LogP contribution is 2.12. The van der Waals surface area contributed by atoms with Crippen LogP contribution in [0.4, 0.5) is 10.5 Å². The van der Waals surface area contributed by atoms with E-state index >= 15 is 0 Å². The maximum Gasteiger partial charge on any atom is 0.412 e. The standard InChI is InChI=1S/C10H14N2O5S/c1-10(2,3)17-9(13)12-7-4-5-8(11-6-7)18(14,15)16/h4-6H,1-3H3,(H,12,13)(H,14,15,16). The molecule has 100 valence electrons. The van der Waals surface area contributed by atoms with Crippen LogP contribution >= 0.6 is 0 Å². The van der Waals surface area contributed by atoms with E-state index < -0.39 is 26.8 Å². The van der Waals surface area contributed by atoms with Crippen LogP contribution in [-0.4, -0.2) is 29.6 Å². The van der Waals surface area contributed by atoms with E-state index in [9.17, 15) is 13.2 Å². The molecule has 0 radical (unpaired) electrons. The monoisotopic (exact) mass is 274 g/mol. The number of anilines is 1. The highest BCUT2D eigenvalue weighted by Gasteiger charge is 2.17. The van der Waals surface area contributed by atoms with Crippen molar-refractivity contribution in [3.8, 4) is 0 Å². The molecule has 1 rings (SSSR count). The molecule has 0 unspecified atom stereocenters. The quantitative estimate of drug-likeness (QED) is 0.795. The summed E-state index contributed by atoms with van der Waals surface area (Å²) in [6.07, 6.45) is 0.427. The lowest BCUT2D eigenvalue weighted by Crippen LogP contribution is -2.27. The number of hydrogen-bond acceptors (Lipinski definition) is 5. The molecule has 0 aliphatic heterocycles. The third-order valence-electron chi connectivity index (χ3n) is 1.65. The molecular formula is C10H14N2O5S. The molecule has 2 N–H and O–H groups in total. The lowest BCUT2D eigenvalue weighted by molar-refractivity contribution is 0.0636. The molecule has 0 atom stereocenters. The molecular weight excluding hydrogens is 260 g/mol. The first-order valence-electron chi connectivity index (χ1n) is 5.01. The van der Waals surface area contributed by atoms with Gasteiger partial charge in [-0.15, -0.1) is 0 Å². The van der Waals surface area contributed by atoms with Crippen LogP contribution in [0.15, 0.2) is 23.4 Å². The van der Waals surface area contributed by atoms with Gasteiger partial charge in [0.25, 0.3) is 0 Å². The highest BCUT2D eigenvalue weighted by molar-refractivity contribution is 7.85. The third kappa shape index (κ3) is 4.68. The van der Waals surface area contributed by atoms with Crippen LogP contribution in [0.3, 0.4) is 0 Å². The normalized spacial score (nSPS) is 12.0. The second-order valence-electron chi connectivity index (χ2n) is 4.49. The molecule has 7 nitrogen and oxygen atoms in total. The van der Waals surface area contributed by atoms with Gasteiger partial charge in [0, 0.05) is 0 Å².